The Morgan fingerprint density at radius 3 is 1.85 bits per heavy atom. The van der Waals surface area contributed by atoms with Crippen molar-refractivity contribution in [3.8, 4) is 0 Å². The second-order valence-electron chi connectivity index (χ2n) is 10.2. The summed E-state index contributed by atoms with van der Waals surface area (Å²) in [6, 6.07) is 0. The lowest BCUT2D eigenvalue weighted by Gasteiger charge is -2.28. The quantitative estimate of drug-likeness (QED) is 0.142. The van der Waals surface area contributed by atoms with Crippen molar-refractivity contribution >= 4 is 11.9 Å². The summed E-state index contributed by atoms with van der Waals surface area (Å²) in [5, 5.41) is 0. The minimum absolute atomic E-state index is 0.0281. The fourth-order valence-corrected chi connectivity index (χ4v) is 4.78. The zero-order valence-corrected chi connectivity index (χ0v) is 22.1. The largest absolute Gasteiger partial charge is 0.469 e. The highest BCUT2D eigenvalue weighted by Crippen LogP contribution is 2.22. The first-order valence-corrected chi connectivity index (χ1v) is 14.0. The number of piperidine rings is 1. The summed E-state index contributed by atoms with van der Waals surface area (Å²) >= 11 is 0. The van der Waals surface area contributed by atoms with E-state index in [2.05, 4.69) is 23.6 Å². The van der Waals surface area contributed by atoms with E-state index in [4.69, 9.17) is 4.74 Å². The number of rotatable bonds is 20. The number of unbranched alkanes of at least 4 members (excludes halogenated alkanes) is 11. The molecular weight excluding hydrogens is 414 g/mol. The Bertz CT molecular complexity index is 488. The summed E-state index contributed by atoms with van der Waals surface area (Å²) in [6.07, 6.45) is 21.2. The van der Waals surface area contributed by atoms with Crippen molar-refractivity contribution < 1.29 is 19.1 Å². The van der Waals surface area contributed by atoms with Crippen LogP contribution in [0.4, 0.5) is 0 Å². The summed E-state index contributed by atoms with van der Waals surface area (Å²) in [5.41, 5.74) is 0. The third-order valence-electron chi connectivity index (χ3n) is 7.11. The van der Waals surface area contributed by atoms with Crippen LogP contribution in [0.3, 0.4) is 0 Å². The van der Waals surface area contributed by atoms with Crippen LogP contribution in [0.5, 0.6) is 0 Å². The molecule has 0 spiro atoms. The lowest BCUT2D eigenvalue weighted by Crippen LogP contribution is -2.31. The molecule has 0 aromatic rings. The van der Waals surface area contributed by atoms with E-state index in [-0.39, 0.29) is 18.0 Å². The first kappa shape index (κ1) is 29.9. The van der Waals surface area contributed by atoms with E-state index in [1.807, 2.05) is 0 Å². The molecule has 1 atom stereocenters. The minimum Gasteiger partial charge on any atom is -0.469 e. The van der Waals surface area contributed by atoms with Crippen molar-refractivity contribution in [2.45, 2.75) is 135 Å². The van der Waals surface area contributed by atoms with Crippen molar-refractivity contribution in [1.82, 2.24) is 4.90 Å². The molecule has 0 N–H and O–H groups in total. The summed E-state index contributed by atoms with van der Waals surface area (Å²) < 4.78 is 10.7. The number of methoxy groups -OCH3 is 1. The van der Waals surface area contributed by atoms with Crippen LogP contribution in [0.15, 0.2) is 0 Å². The number of carbonyl (C=O) groups is 2. The van der Waals surface area contributed by atoms with Crippen LogP contribution < -0.4 is 0 Å². The maximum atomic E-state index is 12.6. The maximum absolute atomic E-state index is 12.6. The number of hydrogen-bond donors (Lipinski definition) is 0. The zero-order valence-electron chi connectivity index (χ0n) is 22.1. The fraction of sp³-hybridized carbons (Fsp3) is 0.929. The van der Waals surface area contributed by atoms with Gasteiger partial charge in [0.05, 0.1) is 7.11 Å². The average molecular weight is 468 g/mol. The Balaban J connectivity index is 2.25. The Kier molecular flexibility index (Phi) is 18.4. The van der Waals surface area contributed by atoms with Gasteiger partial charge in [0.15, 0.2) is 0 Å². The summed E-state index contributed by atoms with van der Waals surface area (Å²) in [6.45, 7) is 4.45. The molecule has 0 aliphatic carbocycles. The van der Waals surface area contributed by atoms with E-state index in [1.54, 1.807) is 0 Å². The molecule has 1 saturated heterocycles. The molecule has 0 aromatic carbocycles. The first-order valence-electron chi connectivity index (χ1n) is 14.0. The lowest BCUT2D eigenvalue weighted by atomic mass is 9.94. The third-order valence-corrected chi connectivity index (χ3v) is 7.11. The predicted octanol–water partition coefficient (Wildman–Crippen LogP) is 7.06. The van der Waals surface area contributed by atoms with Crippen LogP contribution in [-0.2, 0) is 19.1 Å². The van der Waals surface area contributed by atoms with Crippen LogP contribution in [0, 0.1) is 5.92 Å². The molecule has 1 unspecified atom stereocenters. The Hall–Kier alpha value is -1.10. The fourth-order valence-electron chi connectivity index (χ4n) is 4.78. The molecule has 194 valence electrons. The molecule has 5 nitrogen and oxygen atoms in total. The molecule has 1 fully saturated rings. The summed E-state index contributed by atoms with van der Waals surface area (Å²) in [5.74, 6) is 0.420. The number of likely N-dealkylation sites (tertiary alicyclic amines) is 1. The molecule has 1 aliphatic heterocycles. The number of esters is 2. The monoisotopic (exact) mass is 467 g/mol. The van der Waals surface area contributed by atoms with Gasteiger partial charge >= 0.3 is 11.9 Å². The van der Waals surface area contributed by atoms with Crippen molar-refractivity contribution in [3.05, 3.63) is 0 Å². The molecule has 1 aliphatic rings. The molecule has 0 radical (unpaired) electrons. The van der Waals surface area contributed by atoms with Gasteiger partial charge in [-0.2, -0.15) is 0 Å². The van der Waals surface area contributed by atoms with Gasteiger partial charge in [-0.05, 0) is 71.0 Å². The van der Waals surface area contributed by atoms with Gasteiger partial charge in [-0.25, -0.2) is 0 Å². The van der Waals surface area contributed by atoms with E-state index in [1.165, 1.54) is 64.9 Å². The van der Waals surface area contributed by atoms with Crippen LogP contribution in [0.25, 0.3) is 0 Å². The van der Waals surface area contributed by atoms with Crippen LogP contribution in [-0.4, -0.2) is 50.2 Å². The molecule has 1 heterocycles. The highest BCUT2D eigenvalue weighted by molar-refractivity contribution is 5.70. The number of ether oxygens (including phenoxy) is 2. The molecule has 0 saturated carbocycles. The second-order valence-corrected chi connectivity index (χ2v) is 10.2. The van der Waals surface area contributed by atoms with Gasteiger partial charge in [0.1, 0.15) is 6.10 Å². The molecule has 5 heteroatoms. The van der Waals surface area contributed by atoms with E-state index < -0.39 is 0 Å². The van der Waals surface area contributed by atoms with Crippen molar-refractivity contribution in [3.63, 3.8) is 0 Å². The highest BCUT2D eigenvalue weighted by Gasteiger charge is 2.22. The minimum atomic E-state index is -0.106. The summed E-state index contributed by atoms with van der Waals surface area (Å²) in [7, 11) is 3.61. The van der Waals surface area contributed by atoms with Crippen LogP contribution >= 0.6 is 0 Å². The Labute approximate surface area is 204 Å². The molecular formula is C28H53NO4. The van der Waals surface area contributed by atoms with Crippen molar-refractivity contribution in [1.29, 1.82) is 0 Å². The van der Waals surface area contributed by atoms with E-state index >= 15 is 0 Å². The molecule has 33 heavy (non-hydrogen) atoms. The lowest BCUT2D eigenvalue weighted by molar-refractivity contribution is -0.151. The molecule has 0 aromatic heterocycles. The van der Waals surface area contributed by atoms with Crippen molar-refractivity contribution in [2.75, 3.05) is 27.2 Å². The van der Waals surface area contributed by atoms with Gasteiger partial charge in [-0.15, -0.1) is 0 Å². The first-order chi connectivity index (χ1) is 16.0. The topological polar surface area (TPSA) is 55.8 Å². The average Bonchev–Trinajstić information content (AvgIpc) is 2.81. The normalized spacial score (nSPS) is 16.0. The Morgan fingerprint density at radius 1 is 0.788 bits per heavy atom. The Morgan fingerprint density at radius 2 is 1.30 bits per heavy atom. The zero-order chi connectivity index (χ0) is 24.2. The van der Waals surface area contributed by atoms with Gasteiger partial charge in [0, 0.05) is 12.8 Å². The van der Waals surface area contributed by atoms with Gasteiger partial charge in [0.25, 0.3) is 0 Å². The van der Waals surface area contributed by atoms with E-state index in [9.17, 15) is 9.59 Å². The third kappa shape index (κ3) is 17.1. The van der Waals surface area contributed by atoms with Gasteiger partial charge in [-0.1, -0.05) is 71.1 Å². The van der Waals surface area contributed by atoms with Gasteiger partial charge < -0.3 is 14.4 Å². The molecule has 1 rings (SSSR count). The van der Waals surface area contributed by atoms with E-state index in [0.717, 1.165) is 64.5 Å². The maximum Gasteiger partial charge on any atom is 0.306 e. The van der Waals surface area contributed by atoms with Crippen molar-refractivity contribution in [2.24, 2.45) is 5.92 Å². The molecule has 0 bridgehead atoms. The second kappa shape index (κ2) is 20.3. The number of hydrogen-bond acceptors (Lipinski definition) is 5. The SMILES string of the molecule is CCCCCCCCCC(CCCCCCCCC(=O)OC)OC(=O)CC1CCN(C)CC1. The smallest absolute Gasteiger partial charge is 0.306 e. The van der Waals surface area contributed by atoms with Gasteiger partial charge in [0.2, 0.25) is 0 Å². The number of nitrogens with zero attached hydrogens (tertiary/aromatic N) is 1. The van der Waals surface area contributed by atoms with E-state index in [0.29, 0.717) is 18.8 Å². The standard InChI is InChI=1S/C28H53NO4/c1-4-5-6-7-8-11-14-17-26(18-15-12-9-10-13-16-19-27(30)32-3)33-28(31)24-25-20-22-29(2)23-21-25/h25-26H,4-24H2,1-3H3. The number of carbonyl (C=O) groups excluding carboxylic acids is 2. The molecule has 0 amide bonds. The summed E-state index contributed by atoms with van der Waals surface area (Å²) in [4.78, 5) is 26.1. The van der Waals surface area contributed by atoms with Gasteiger partial charge in [-0.3, -0.25) is 9.59 Å². The van der Waals surface area contributed by atoms with Crippen LogP contribution in [0.1, 0.15) is 129 Å². The van der Waals surface area contributed by atoms with Crippen LogP contribution in [0.2, 0.25) is 0 Å². The highest BCUT2D eigenvalue weighted by atomic mass is 16.5. The predicted molar refractivity (Wildman–Crippen MR) is 136 cm³/mol.